The summed E-state index contributed by atoms with van der Waals surface area (Å²) in [4.78, 5) is 27.9. The summed E-state index contributed by atoms with van der Waals surface area (Å²) in [6, 6.07) is 4.87. The average molecular weight is 544 g/mol. The predicted molar refractivity (Wildman–Crippen MR) is 135 cm³/mol. The lowest BCUT2D eigenvalue weighted by atomic mass is 9.95. The number of thiophene rings is 2. The van der Waals surface area contributed by atoms with E-state index in [9.17, 15) is 18.0 Å². The molecule has 0 spiro atoms. The van der Waals surface area contributed by atoms with Crippen molar-refractivity contribution in [1.29, 1.82) is 0 Å². The Labute approximate surface area is 209 Å². The lowest BCUT2D eigenvalue weighted by molar-refractivity contribution is 0.0941. The number of fused-ring (bicyclic) bond motifs is 2. The fourth-order valence-corrected chi connectivity index (χ4v) is 9.05. The molecule has 0 bridgehead atoms. The topological polar surface area (TPSA) is 92.3 Å². The Hall–Kier alpha value is -1.65. The second-order valence-electron chi connectivity index (χ2n) is 8.33. The highest BCUT2D eigenvalue weighted by molar-refractivity contribution is 7.91. The molecule has 174 valence electrons. The van der Waals surface area contributed by atoms with Crippen molar-refractivity contribution in [2.24, 2.45) is 0 Å². The Morgan fingerprint density at radius 1 is 1.06 bits per heavy atom. The molecule has 0 saturated carbocycles. The van der Waals surface area contributed by atoms with E-state index in [-0.39, 0.29) is 23.3 Å². The van der Waals surface area contributed by atoms with Crippen molar-refractivity contribution < 1.29 is 18.0 Å². The average Bonchev–Trinajstić information content (AvgIpc) is 3.40. The van der Waals surface area contributed by atoms with Crippen LogP contribution in [0.15, 0.2) is 18.2 Å². The molecule has 2 aromatic heterocycles. The number of benzene rings is 1. The molecule has 3 heterocycles. The van der Waals surface area contributed by atoms with E-state index in [1.807, 2.05) is 0 Å². The van der Waals surface area contributed by atoms with Gasteiger partial charge in [-0.1, -0.05) is 29.3 Å². The molecule has 1 atom stereocenters. The fraction of sp³-hybridized carbons (Fsp3) is 0.364. The molecular formula is C22H20Cl2N2O4S3. The van der Waals surface area contributed by atoms with Gasteiger partial charge in [0.2, 0.25) is 0 Å². The van der Waals surface area contributed by atoms with Gasteiger partial charge in [-0.05, 0) is 49.8 Å². The Kier molecular flexibility index (Phi) is 6.20. The van der Waals surface area contributed by atoms with Gasteiger partial charge in [0, 0.05) is 26.0 Å². The largest absolute Gasteiger partial charge is 0.348 e. The fourth-order valence-electron chi connectivity index (χ4n) is 4.41. The van der Waals surface area contributed by atoms with Crippen LogP contribution in [0.4, 0.5) is 5.00 Å². The first-order valence-electron chi connectivity index (χ1n) is 10.6. The van der Waals surface area contributed by atoms with Crippen LogP contribution >= 0.6 is 45.9 Å². The normalized spacial score (nSPS) is 19.4. The zero-order valence-corrected chi connectivity index (χ0v) is 21.3. The third kappa shape index (κ3) is 4.53. The molecular weight excluding hydrogens is 523 g/mol. The van der Waals surface area contributed by atoms with Gasteiger partial charge in [-0.15, -0.1) is 22.7 Å². The minimum atomic E-state index is -3.12. The zero-order chi connectivity index (χ0) is 23.3. The van der Waals surface area contributed by atoms with Gasteiger partial charge in [-0.3, -0.25) is 9.59 Å². The number of nitrogens with one attached hydrogen (secondary N) is 2. The number of hydrogen-bond acceptors (Lipinski definition) is 6. The van der Waals surface area contributed by atoms with E-state index >= 15 is 0 Å². The van der Waals surface area contributed by atoms with Gasteiger partial charge < -0.3 is 10.6 Å². The van der Waals surface area contributed by atoms with Crippen LogP contribution in [0.3, 0.4) is 0 Å². The van der Waals surface area contributed by atoms with Gasteiger partial charge in [0.1, 0.15) is 9.88 Å². The number of rotatable bonds is 4. The van der Waals surface area contributed by atoms with Crippen LogP contribution in [0.2, 0.25) is 10.0 Å². The summed E-state index contributed by atoms with van der Waals surface area (Å²) in [6.07, 6.45) is 4.03. The second kappa shape index (κ2) is 8.85. The highest BCUT2D eigenvalue weighted by atomic mass is 35.5. The first kappa shape index (κ1) is 23.1. The number of carbonyl (C=O) groups is 2. The summed E-state index contributed by atoms with van der Waals surface area (Å²) in [5.41, 5.74) is 1.40. The zero-order valence-electron chi connectivity index (χ0n) is 17.4. The molecule has 5 rings (SSSR count). The number of hydrogen-bond donors (Lipinski definition) is 2. The maximum Gasteiger partial charge on any atom is 0.267 e. The number of carbonyl (C=O) groups excluding carboxylic acids is 2. The van der Waals surface area contributed by atoms with E-state index in [2.05, 4.69) is 10.6 Å². The highest BCUT2D eigenvalue weighted by Crippen LogP contribution is 2.41. The van der Waals surface area contributed by atoms with Gasteiger partial charge in [0.25, 0.3) is 11.8 Å². The quantitative estimate of drug-likeness (QED) is 0.466. The van der Waals surface area contributed by atoms with Crippen molar-refractivity contribution in [3.05, 3.63) is 49.1 Å². The maximum atomic E-state index is 13.2. The van der Waals surface area contributed by atoms with Crippen LogP contribution in [0, 0.1) is 0 Å². The Morgan fingerprint density at radius 2 is 1.85 bits per heavy atom. The molecule has 3 aromatic rings. The van der Waals surface area contributed by atoms with Crippen molar-refractivity contribution in [1.82, 2.24) is 5.32 Å². The van der Waals surface area contributed by atoms with Crippen molar-refractivity contribution in [3.63, 3.8) is 0 Å². The molecule has 1 fully saturated rings. The first-order valence-corrected chi connectivity index (χ1v) is 14.8. The van der Waals surface area contributed by atoms with Crippen LogP contribution in [0.5, 0.6) is 0 Å². The molecule has 1 aliphatic carbocycles. The van der Waals surface area contributed by atoms with E-state index in [0.29, 0.717) is 31.9 Å². The van der Waals surface area contributed by atoms with Crippen LogP contribution in [-0.4, -0.2) is 37.8 Å². The number of anilines is 1. The van der Waals surface area contributed by atoms with Crippen molar-refractivity contribution in [2.75, 3.05) is 16.8 Å². The van der Waals surface area contributed by atoms with Crippen LogP contribution in [0.25, 0.3) is 10.1 Å². The number of sulfone groups is 1. The SMILES string of the molecule is O=C(Nc1sc2c(c1C(=O)NC1CCS(=O)(=O)C1)CCCC2)c1sc2cc(Cl)ccc2c1Cl. The third-order valence-electron chi connectivity index (χ3n) is 5.99. The summed E-state index contributed by atoms with van der Waals surface area (Å²) >= 11 is 15.2. The Bertz CT molecular complexity index is 1390. The molecule has 11 heteroatoms. The molecule has 2 aliphatic rings. The number of aryl methyl sites for hydroxylation is 1. The Balaban J connectivity index is 1.46. The molecule has 2 N–H and O–H groups in total. The standard InChI is InChI=1S/C22H20Cl2N2O4S3/c23-11-5-6-14-16(9-11)31-19(18(14)24)21(28)26-22-17(13-3-1-2-4-15(13)32-22)20(27)25-12-7-8-33(29,30)10-12/h5-6,9,12H,1-4,7-8,10H2,(H,25,27)(H,26,28). The van der Waals surface area contributed by atoms with Crippen LogP contribution in [0.1, 0.15) is 49.7 Å². The second-order valence-corrected chi connectivity index (χ2v) is 13.5. The molecule has 2 amide bonds. The van der Waals surface area contributed by atoms with Gasteiger partial charge in [-0.2, -0.15) is 0 Å². The van der Waals surface area contributed by atoms with Crippen molar-refractivity contribution >= 4 is 82.6 Å². The van der Waals surface area contributed by atoms with E-state index in [4.69, 9.17) is 23.2 Å². The van der Waals surface area contributed by atoms with Gasteiger partial charge in [-0.25, -0.2) is 8.42 Å². The minimum Gasteiger partial charge on any atom is -0.348 e. The van der Waals surface area contributed by atoms with Crippen LogP contribution < -0.4 is 10.6 Å². The molecule has 1 aromatic carbocycles. The predicted octanol–water partition coefficient (Wildman–Crippen LogP) is 5.32. The summed E-state index contributed by atoms with van der Waals surface area (Å²) in [7, 11) is -3.12. The smallest absolute Gasteiger partial charge is 0.267 e. The van der Waals surface area contributed by atoms with E-state index in [0.717, 1.165) is 46.2 Å². The Morgan fingerprint density at radius 3 is 2.61 bits per heavy atom. The molecule has 1 unspecified atom stereocenters. The summed E-state index contributed by atoms with van der Waals surface area (Å²) < 4.78 is 24.4. The molecule has 6 nitrogen and oxygen atoms in total. The highest BCUT2D eigenvalue weighted by Gasteiger charge is 2.32. The summed E-state index contributed by atoms with van der Waals surface area (Å²) in [6.45, 7) is 0. The molecule has 0 radical (unpaired) electrons. The molecule has 1 saturated heterocycles. The summed E-state index contributed by atoms with van der Waals surface area (Å²) in [5.74, 6) is -0.681. The van der Waals surface area contributed by atoms with Crippen molar-refractivity contribution in [3.8, 4) is 0 Å². The van der Waals surface area contributed by atoms with Crippen LogP contribution in [-0.2, 0) is 22.7 Å². The minimum absolute atomic E-state index is 0.0489. The first-order chi connectivity index (χ1) is 15.7. The monoisotopic (exact) mass is 542 g/mol. The summed E-state index contributed by atoms with van der Waals surface area (Å²) in [5, 5.41) is 7.95. The maximum absolute atomic E-state index is 13.2. The lowest BCUT2D eigenvalue weighted by Crippen LogP contribution is -2.36. The third-order valence-corrected chi connectivity index (χ3v) is 10.9. The van der Waals surface area contributed by atoms with E-state index < -0.39 is 15.9 Å². The van der Waals surface area contributed by atoms with Crippen molar-refractivity contribution in [2.45, 2.75) is 38.1 Å². The van der Waals surface area contributed by atoms with Gasteiger partial charge in [0.15, 0.2) is 9.84 Å². The van der Waals surface area contributed by atoms with E-state index in [1.165, 1.54) is 22.7 Å². The number of amides is 2. The van der Waals surface area contributed by atoms with Gasteiger partial charge in [0.05, 0.1) is 22.1 Å². The molecule has 33 heavy (non-hydrogen) atoms. The van der Waals surface area contributed by atoms with Gasteiger partial charge >= 0.3 is 0 Å². The van der Waals surface area contributed by atoms with E-state index in [1.54, 1.807) is 18.2 Å². The molecule has 1 aliphatic heterocycles. The number of halogens is 2. The lowest BCUT2D eigenvalue weighted by Gasteiger charge is -2.15.